The van der Waals surface area contributed by atoms with Crippen molar-refractivity contribution in [3.05, 3.63) is 84.0 Å². The Bertz CT molecular complexity index is 1330. The Morgan fingerprint density at radius 3 is 2.00 bits per heavy atom. The van der Waals surface area contributed by atoms with Crippen molar-refractivity contribution in [1.29, 1.82) is 0 Å². The second-order valence-electron chi connectivity index (χ2n) is 10.7. The first-order valence-corrected chi connectivity index (χ1v) is 13.0. The van der Waals surface area contributed by atoms with Gasteiger partial charge in [-0.25, -0.2) is 0 Å². The van der Waals surface area contributed by atoms with Crippen LogP contribution in [0.25, 0.3) is 0 Å². The van der Waals surface area contributed by atoms with Gasteiger partial charge in [0.2, 0.25) is 0 Å². The van der Waals surface area contributed by atoms with Crippen molar-refractivity contribution in [3.63, 3.8) is 0 Å². The number of nitrogens with two attached hydrogens (primary N) is 2. The molecule has 2 saturated carbocycles. The van der Waals surface area contributed by atoms with Crippen molar-refractivity contribution in [2.75, 3.05) is 11.5 Å². The zero-order valence-corrected chi connectivity index (χ0v) is 20.7. The first kappa shape index (κ1) is 22.8. The van der Waals surface area contributed by atoms with E-state index in [-0.39, 0.29) is 11.8 Å². The summed E-state index contributed by atoms with van der Waals surface area (Å²) in [5.74, 6) is 4.19. The van der Waals surface area contributed by atoms with Crippen molar-refractivity contribution >= 4 is 11.4 Å². The summed E-state index contributed by atoms with van der Waals surface area (Å²) in [6.07, 6.45) is 9.70. The average molecular weight is 483 g/mol. The number of hydrogen-bond donors (Lipinski definition) is 2. The third kappa shape index (κ3) is 4.25. The van der Waals surface area contributed by atoms with Gasteiger partial charge in [-0.05, 0) is 78.8 Å². The summed E-state index contributed by atoms with van der Waals surface area (Å²) in [4.78, 5) is 0. The predicted molar refractivity (Wildman–Crippen MR) is 140 cm³/mol. The molecule has 0 unspecified atom stereocenters. The minimum atomic E-state index is 0.188. The van der Waals surface area contributed by atoms with E-state index in [0.29, 0.717) is 17.8 Å². The molecule has 0 radical (unpaired) electrons. The topological polar surface area (TPSA) is 113 Å². The van der Waals surface area contributed by atoms with E-state index >= 15 is 0 Å². The van der Waals surface area contributed by atoms with Gasteiger partial charge in [0.1, 0.15) is 24.3 Å². The van der Waals surface area contributed by atoms with E-state index < -0.39 is 0 Å². The molecule has 0 bridgehead atoms. The van der Waals surface area contributed by atoms with E-state index in [4.69, 9.17) is 11.5 Å². The van der Waals surface area contributed by atoms with Gasteiger partial charge < -0.3 is 20.6 Å². The van der Waals surface area contributed by atoms with Crippen LogP contribution >= 0.6 is 0 Å². The van der Waals surface area contributed by atoms with Crippen LogP contribution in [0.2, 0.25) is 0 Å². The summed E-state index contributed by atoms with van der Waals surface area (Å²) in [5.41, 5.74) is 16.3. The lowest BCUT2D eigenvalue weighted by Gasteiger charge is -2.41. The van der Waals surface area contributed by atoms with Crippen LogP contribution in [0.5, 0.6) is 0 Å². The number of nitrogens with zero attached hydrogens (tertiary/aromatic N) is 6. The van der Waals surface area contributed by atoms with E-state index in [2.05, 4.69) is 55.3 Å². The Morgan fingerprint density at radius 2 is 1.44 bits per heavy atom. The number of rotatable bonds is 8. The van der Waals surface area contributed by atoms with Crippen LogP contribution in [-0.2, 0) is 13.6 Å². The molecule has 8 heteroatoms. The van der Waals surface area contributed by atoms with Crippen LogP contribution in [0.1, 0.15) is 66.7 Å². The molecule has 8 nitrogen and oxygen atoms in total. The number of nitrogen functional groups attached to an aromatic ring is 2. The summed E-state index contributed by atoms with van der Waals surface area (Å²) in [5, 5.41) is 17.6. The third-order valence-electron chi connectivity index (χ3n) is 8.31. The van der Waals surface area contributed by atoms with E-state index in [1.807, 2.05) is 36.1 Å². The van der Waals surface area contributed by atoms with Crippen LogP contribution in [0, 0.1) is 17.8 Å². The standard InChI is InChI=1S/C28H34N8/c1-35-16-31-33-27(35)26(21-8-4-10-24(30)14-21)22-11-18(12-22)15-36-17-32-34-28(36)25(19-5-2-6-19)20-7-3-9-23(29)13-20/h3-4,7-10,13-14,16-19,22,25-26H,2,5-6,11-12,15,29-30H2,1H3/t18?,22?,25-,26-/m1/s1. The zero-order chi connectivity index (χ0) is 24.6. The smallest absolute Gasteiger partial charge is 0.140 e. The third-order valence-corrected chi connectivity index (χ3v) is 8.31. The van der Waals surface area contributed by atoms with Gasteiger partial charge >= 0.3 is 0 Å². The highest BCUT2D eigenvalue weighted by Gasteiger charge is 2.40. The molecule has 2 aliphatic rings. The highest BCUT2D eigenvalue weighted by atomic mass is 15.3. The number of benzene rings is 2. The molecule has 2 fully saturated rings. The van der Waals surface area contributed by atoms with E-state index in [1.54, 1.807) is 6.33 Å². The van der Waals surface area contributed by atoms with Gasteiger partial charge in [-0.1, -0.05) is 30.7 Å². The van der Waals surface area contributed by atoms with E-state index in [9.17, 15) is 0 Å². The molecule has 0 saturated heterocycles. The highest BCUT2D eigenvalue weighted by Crippen LogP contribution is 2.48. The van der Waals surface area contributed by atoms with Crippen LogP contribution in [0.15, 0.2) is 61.2 Å². The van der Waals surface area contributed by atoms with Crippen LogP contribution < -0.4 is 11.5 Å². The average Bonchev–Trinajstić information content (AvgIpc) is 3.43. The molecule has 2 heterocycles. The maximum absolute atomic E-state index is 6.15. The van der Waals surface area contributed by atoms with Crippen LogP contribution in [0.4, 0.5) is 11.4 Å². The molecule has 186 valence electrons. The Morgan fingerprint density at radius 1 is 0.833 bits per heavy atom. The van der Waals surface area contributed by atoms with Gasteiger partial charge in [0.15, 0.2) is 0 Å². The number of aromatic nitrogens is 6. The number of hydrogen-bond acceptors (Lipinski definition) is 6. The summed E-state index contributed by atoms with van der Waals surface area (Å²) in [6, 6.07) is 16.5. The molecule has 6 rings (SSSR count). The maximum atomic E-state index is 6.15. The molecule has 2 atom stereocenters. The lowest BCUT2D eigenvalue weighted by atomic mass is 9.66. The Balaban J connectivity index is 1.21. The second-order valence-corrected chi connectivity index (χ2v) is 10.7. The molecular weight excluding hydrogens is 448 g/mol. The molecule has 4 N–H and O–H groups in total. The van der Waals surface area contributed by atoms with Gasteiger partial charge in [0.25, 0.3) is 0 Å². The minimum absolute atomic E-state index is 0.188. The van der Waals surface area contributed by atoms with Gasteiger partial charge in [-0.2, -0.15) is 0 Å². The predicted octanol–water partition coefficient (Wildman–Crippen LogP) is 4.36. The fourth-order valence-electron chi connectivity index (χ4n) is 6.25. The SMILES string of the molecule is Cn1cnnc1[C@H](c1cccc(N)c1)C1CC(Cn2cnnc2[C@@H](c2cccc(N)c2)C2CCC2)C1. The van der Waals surface area contributed by atoms with Crippen molar-refractivity contribution in [3.8, 4) is 0 Å². The lowest BCUT2D eigenvalue weighted by molar-refractivity contribution is 0.147. The second kappa shape index (κ2) is 9.41. The van der Waals surface area contributed by atoms with Crippen LogP contribution in [0.3, 0.4) is 0 Å². The molecule has 36 heavy (non-hydrogen) atoms. The largest absolute Gasteiger partial charge is 0.399 e. The first-order chi connectivity index (χ1) is 17.6. The van der Waals surface area contributed by atoms with Gasteiger partial charge in [-0.3, -0.25) is 0 Å². The molecule has 0 amide bonds. The fraction of sp³-hybridized carbons (Fsp3) is 0.429. The Labute approximate surface area is 211 Å². The zero-order valence-electron chi connectivity index (χ0n) is 20.7. The summed E-state index contributed by atoms with van der Waals surface area (Å²) >= 11 is 0. The quantitative estimate of drug-likeness (QED) is 0.361. The van der Waals surface area contributed by atoms with Crippen molar-refractivity contribution in [2.45, 2.75) is 50.5 Å². The normalized spacial score (nSPS) is 21.5. The van der Waals surface area contributed by atoms with Gasteiger partial charge in [-0.15, -0.1) is 20.4 Å². The molecular formula is C28H34N8. The highest BCUT2D eigenvalue weighted by molar-refractivity contribution is 5.44. The minimum Gasteiger partial charge on any atom is -0.399 e. The molecule has 2 aromatic carbocycles. The first-order valence-electron chi connectivity index (χ1n) is 13.0. The summed E-state index contributed by atoms with van der Waals surface area (Å²) < 4.78 is 4.33. The van der Waals surface area contributed by atoms with Crippen LogP contribution in [-0.4, -0.2) is 29.5 Å². The monoisotopic (exact) mass is 482 g/mol. The molecule has 2 aliphatic carbocycles. The molecule has 0 aliphatic heterocycles. The number of aryl methyl sites for hydroxylation is 1. The van der Waals surface area contributed by atoms with E-state index in [1.165, 1.54) is 30.4 Å². The Hall–Kier alpha value is -3.68. The molecule has 4 aromatic rings. The molecule has 0 spiro atoms. The number of anilines is 2. The van der Waals surface area contributed by atoms with Gasteiger partial charge in [0, 0.05) is 36.8 Å². The summed E-state index contributed by atoms with van der Waals surface area (Å²) in [7, 11) is 2.02. The summed E-state index contributed by atoms with van der Waals surface area (Å²) in [6.45, 7) is 0.937. The molecule has 2 aromatic heterocycles. The fourth-order valence-corrected chi connectivity index (χ4v) is 6.25. The van der Waals surface area contributed by atoms with Gasteiger partial charge in [0.05, 0.1) is 0 Å². The van der Waals surface area contributed by atoms with Crippen molar-refractivity contribution < 1.29 is 0 Å². The lowest BCUT2D eigenvalue weighted by Crippen LogP contribution is -2.34. The van der Waals surface area contributed by atoms with E-state index in [0.717, 1.165) is 42.4 Å². The van der Waals surface area contributed by atoms with Crippen molar-refractivity contribution in [2.24, 2.45) is 24.8 Å². The Kier molecular flexibility index (Phi) is 5.95. The van der Waals surface area contributed by atoms with Crippen molar-refractivity contribution in [1.82, 2.24) is 29.5 Å². The maximum Gasteiger partial charge on any atom is 0.140 e.